The van der Waals surface area contributed by atoms with E-state index < -0.39 is 36.4 Å². The first-order valence-electron chi connectivity index (χ1n) is 18.6. The number of hydrogen-bond acceptors (Lipinski definition) is 16. The molecule has 18 nitrogen and oxygen atoms in total. The summed E-state index contributed by atoms with van der Waals surface area (Å²) < 4.78 is 22.3. The van der Waals surface area contributed by atoms with Crippen molar-refractivity contribution in [3.05, 3.63) is 85.5 Å². The SMILES string of the molecule is COc1cccc(Oc2cncc(N3C[C@@H]4C[C@H]3CN4)c2)c1.COc1cccc(Oc2cncc(N3C[C@@H]4C[C@H]3CN4)c2)c1.O=C(O)[C@@H](O)[C@H](O)[C@H](O)[C@@H](O)C(=O)O. The molecule has 18 heteroatoms. The molecule has 4 fully saturated rings. The number of rotatable bonds is 13. The Morgan fingerprint density at radius 2 is 1.02 bits per heavy atom. The number of hydrogen-bond donors (Lipinski definition) is 8. The summed E-state index contributed by atoms with van der Waals surface area (Å²) in [6.07, 6.45) is 0.487. The van der Waals surface area contributed by atoms with Gasteiger partial charge in [0, 0.05) is 74.6 Å². The maximum absolute atomic E-state index is 10.1. The zero-order valence-electron chi connectivity index (χ0n) is 31.9. The van der Waals surface area contributed by atoms with Gasteiger partial charge in [0.15, 0.2) is 12.2 Å². The van der Waals surface area contributed by atoms with Crippen molar-refractivity contribution in [2.75, 3.05) is 50.2 Å². The summed E-state index contributed by atoms with van der Waals surface area (Å²) in [6, 6.07) is 21.7. The van der Waals surface area contributed by atoms with Gasteiger partial charge in [0.25, 0.3) is 0 Å². The van der Waals surface area contributed by atoms with Crippen molar-refractivity contribution < 1.29 is 59.2 Å². The van der Waals surface area contributed by atoms with E-state index in [1.807, 2.05) is 60.9 Å². The molecular formula is C40H48N6O12. The number of carbonyl (C=O) groups is 2. The summed E-state index contributed by atoms with van der Waals surface area (Å²) in [5.74, 6) is 0.895. The monoisotopic (exact) mass is 804 g/mol. The van der Waals surface area contributed by atoms with Gasteiger partial charge in [-0.1, -0.05) is 12.1 Å². The smallest absolute Gasteiger partial charge is 0.335 e. The third-order valence-corrected chi connectivity index (χ3v) is 10.2. The molecule has 0 amide bonds. The first kappa shape index (κ1) is 41.9. The molecule has 0 aliphatic carbocycles. The second kappa shape index (κ2) is 19.1. The third kappa shape index (κ3) is 10.4. The Balaban J connectivity index is 0.000000152. The normalized spacial score (nSPS) is 22.0. The van der Waals surface area contributed by atoms with Crippen LogP contribution in [0.3, 0.4) is 0 Å². The minimum absolute atomic E-state index is 0.582. The number of nitrogens with zero attached hydrogens (tertiary/aromatic N) is 4. The molecule has 58 heavy (non-hydrogen) atoms. The van der Waals surface area contributed by atoms with Crippen LogP contribution in [0.25, 0.3) is 0 Å². The van der Waals surface area contributed by atoms with Crippen molar-refractivity contribution in [2.24, 2.45) is 0 Å². The molecule has 8 rings (SSSR count). The fraction of sp³-hybridized carbons (Fsp3) is 0.400. The molecule has 8 atom stereocenters. The van der Waals surface area contributed by atoms with Crippen LogP contribution in [0.1, 0.15) is 12.8 Å². The Labute approximate surface area is 334 Å². The number of aliphatic carboxylic acids is 2. The maximum atomic E-state index is 10.1. The Kier molecular flexibility index (Phi) is 13.8. The number of methoxy groups -OCH3 is 2. The molecule has 8 N–H and O–H groups in total. The number of ether oxygens (including phenoxy) is 4. The largest absolute Gasteiger partial charge is 0.497 e. The molecule has 4 aliphatic rings. The molecule has 2 aromatic heterocycles. The number of anilines is 2. The highest BCUT2D eigenvalue weighted by Gasteiger charge is 2.39. The van der Waals surface area contributed by atoms with E-state index in [1.54, 1.807) is 26.6 Å². The quantitative estimate of drug-likeness (QED) is 0.0953. The van der Waals surface area contributed by atoms with Gasteiger partial charge in [-0.2, -0.15) is 0 Å². The highest BCUT2D eigenvalue weighted by Crippen LogP contribution is 2.34. The summed E-state index contributed by atoms with van der Waals surface area (Å²) in [5, 5.41) is 58.5. The predicted octanol–water partition coefficient (Wildman–Crippen LogP) is 1.47. The van der Waals surface area contributed by atoms with E-state index in [1.165, 1.54) is 12.8 Å². The van der Waals surface area contributed by atoms with Gasteiger partial charge in [-0.25, -0.2) is 9.59 Å². The Bertz CT molecular complexity index is 1870. The van der Waals surface area contributed by atoms with Gasteiger partial charge < -0.3 is 70.0 Å². The van der Waals surface area contributed by atoms with Crippen LogP contribution in [0.2, 0.25) is 0 Å². The number of fused-ring (bicyclic) bond motifs is 4. The van der Waals surface area contributed by atoms with Gasteiger partial charge in [0.05, 0.1) is 50.4 Å². The summed E-state index contributed by atoms with van der Waals surface area (Å²) in [6.45, 7) is 4.22. The van der Waals surface area contributed by atoms with E-state index in [4.69, 9.17) is 49.6 Å². The fourth-order valence-corrected chi connectivity index (χ4v) is 7.26. The number of aliphatic hydroxyl groups is 4. The molecule has 4 aliphatic heterocycles. The van der Waals surface area contributed by atoms with Gasteiger partial charge in [0.1, 0.15) is 46.7 Å². The Morgan fingerprint density at radius 3 is 1.34 bits per heavy atom. The predicted molar refractivity (Wildman–Crippen MR) is 209 cm³/mol. The van der Waals surface area contributed by atoms with Crippen LogP contribution in [0.15, 0.2) is 85.5 Å². The standard InChI is InChI=1S/2C17H19N3O2.C6H10O8/c2*1-21-15-3-2-4-16(7-15)22-17-6-14(8-18-10-17)20-11-12-5-13(20)9-19-12;7-1(3(9)5(11)12)2(8)4(10)6(13)14/h2*2-4,6-8,10,12-13,19H,5,9,11H2,1H3;1-4,7-10H,(H,11,12)(H,13,14)/t2*12-,13-;1-,2+,3+,4-/m00./s1. The summed E-state index contributed by atoms with van der Waals surface area (Å²) in [4.78, 5) is 33.7. The second-order valence-corrected chi connectivity index (χ2v) is 14.2. The third-order valence-electron chi connectivity index (χ3n) is 10.2. The number of pyridine rings is 2. The summed E-state index contributed by atoms with van der Waals surface area (Å²) >= 11 is 0. The lowest BCUT2D eigenvalue weighted by Gasteiger charge is -2.29. The topological polar surface area (TPSA) is 249 Å². The molecule has 2 aromatic carbocycles. The number of aliphatic hydroxyl groups excluding tert-OH is 4. The molecule has 0 radical (unpaired) electrons. The maximum Gasteiger partial charge on any atom is 0.335 e. The lowest BCUT2D eigenvalue weighted by atomic mass is 10.0. The lowest BCUT2D eigenvalue weighted by Crippen LogP contribution is -2.49. The van der Waals surface area contributed by atoms with Crippen molar-refractivity contribution in [1.82, 2.24) is 20.6 Å². The molecule has 6 heterocycles. The van der Waals surface area contributed by atoms with Crippen molar-refractivity contribution in [2.45, 2.75) is 61.4 Å². The number of aromatic nitrogens is 2. The van der Waals surface area contributed by atoms with Crippen molar-refractivity contribution in [3.8, 4) is 34.5 Å². The van der Waals surface area contributed by atoms with E-state index in [0.29, 0.717) is 24.2 Å². The van der Waals surface area contributed by atoms with E-state index >= 15 is 0 Å². The zero-order chi connectivity index (χ0) is 41.3. The first-order valence-corrected chi connectivity index (χ1v) is 18.6. The van der Waals surface area contributed by atoms with Gasteiger partial charge in [0.2, 0.25) is 0 Å². The lowest BCUT2D eigenvalue weighted by molar-refractivity contribution is -0.172. The minimum atomic E-state index is -2.36. The van der Waals surface area contributed by atoms with Gasteiger partial charge >= 0.3 is 11.9 Å². The number of piperazine rings is 2. The van der Waals surface area contributed by atoms with Gasteiger partial charge in [-0.15, -0.1) is 0 Å². The molecule has 0 spiro atoms. The highest BCUT2D eigenvalue weighted by molar-refractivity contribution is 5.75. The molecule has 0 unspecified atom stereocenters. The van der Waals surface area contributed by atoms with Crippen LogP contribution in [-0.4, -0.2) is 142 Å². The minimum Gasteiger partial charge on any atom is -0.497 e. The highest BCUT2D eigenvalue weighted by atomic mass is 16.5. The average Bonchev–Trinajstić information content (AvgIpc) is 4.08. The van der Waals surface area contributed by atoms with Gasteiger partial charge in [-0.3, -0.25) is 9.97 Å². The van der Waals surface area contributed by atoms with Gasteiger partial charge in [-0.05, 0) is 37.1 Å². The van der Waals surface area contributed by atoms with Crippen LogP contribution in [-0.2, 0) is 9.59 Å². The average molecular weight is 805 g/mol. The van der Waals surface area contributed by atoms with Crippen LogP contribution in [0.5, 0.6) is 34.5 Å². The first-order chi connectivity index (χ1) is 27.9. The number of nitrogens with one attached hydrogen (secondary N) is 2. The van der Waals surface area contributed by atoms with E-state index in [0.717, 1.165) is 72.1 Å². The van der Waals surface area contributed by atoms with Crippen molar-refractivity contribution in [3.63, 3.8) is 0 Å². The fourth-order valence-electron chi connectivity index (χ4n) is 7.26. The number of benzene rings is 2. The number of carboxylic acid groups (broad SMARTS) is 2. The van der Waals surface area contributed by atoms with Crippen LogP contribution >= 0.6 is 0 Å². The van der Waals surface area contributed by atoms with Crippen molar-refractivity contribution in [1.29, 1.82) is 0 Å². The zero-order valence-corrected chi connectivity index (χ0v) is 31.9. The van der Waals surface area contributed by atoms with E-state index in [-0.39, 0.29) is 0 Å². The Hall–Kier alpha value is -5.76. The van der Waals surface area contributed by atoms with Crippen LogP contribution in [0, 0.1) is 0 Å². The molecular weight excluding hydrogens is 756 g/mol. The molecule has 4 bridgehead atoms. The molecule has 0 saturated carbocycles. The Morgan fingerprint density at radius 1 is 0.621 bits per heavy atom. The van der Waals surface area contributed by atoms with Crippen LogP contribution < -0.4 is 39.4 Å². The van der Waals surface area contributed by atoms with Crippen LogP contribution in [0.4, 0.5) is 11.4 Å². The molecule has 4 saturated heterocycles. The second-order valence-electron chi connectivity index (χ2n) is 14.2. The van der Waals surface area contributed by atoms with E-state index in [9.17, 15) is 9.59 Å². The molecule has 310 valence electrons. The summed E-state index contributed by atoms with van der Waals surface area (Å²) in [7, 11) is 3.30. The van der Waals surface area contributed by atoms with Crippen molar-refractivity contribution >= 4 is 23.3 Å². The molecule has 4 aromatic rings. The number of carboxylic acids is 2. The summed E-state index contributed by atoms with van der Waals surface area (Å²) in [5.41, 5.74) is 2.27. The van der Waals surface area contributed by atoms with E-state index in [2.05, 4.69) is 42.5 Å².